The minimum absolute atomic E-state index is 0.0560. The second-order valence-electron chi connectivity index (χ2n) is 2.77. The molecule has 0 saturated carbocycles. The number of aliphatic hydroxyl groups is 1. The van der Waals surface area contributed by atoms with Crippen molar-refractivity contribution in [3.63, 3.8) is 0 Å². The van der Waals surface area contributed by atoms with E-state index >= 15 is 0 Å². The summed E-state index contributed by atoms with van der Waals surface area (Å²) in [7, 11) is 0. The third kappa shape index (κ3) is 1.84. The number of halogens is 1. The summed E-state index contributed by atoms with van der Waals surface area (Å²) in [5.41, 5.74) is 0. The van der Waals surface area contributed by atoms with Crippen LogP contribution in [0.1, 0.15) is 13.3 Å². The van der Waals surface area contributed by atoms with E-state index in [2.05, 4.69) is 0 Å². The normalized spacial score (nSPS) is 21.2. The summed E-state index contributed by atoms with van der Waals surface area (Å²) in [6.07, 6.45) is 0.312. The van der Waals surface area contributed by atoms with Crippen LogP contribution in [0.2, 0.25) is 0 Å². The maximum absolute atomic E-state index is 11.2. The summed E-state index contributed by atoms with van der Waals surface area (Å²) in [5, 5.41) is 8.47. The van der Waals surface area contributed by atoms with Crippen LogP contribution in [0.25, 0.3) is 0 Å². The Balaban J connectivity index is 2.31. The van der Waals surface area contributed by atoms with Crippen molar-refractivity contribution in [3.05, 3.63) is 0 Å². The number of amides is 1. The Morgan fingerprint density at radius 3 is 2.73 bits per heavy atom. The molecule has 3 nitrogen and oxygen atoms in total. The Bertz CT molecular complexity index is 157. The largest absolute Gasteiger partial charge is 0.389 e. The van der Waals surface area contributed by atoms with Gasteiger partial charge < -0.3 is 10.0 Å². The monoisotopic (exact) mass is 177 g/mol. The molecule has 0 aliphatic carbocycles. The number of rotatable bonds is 2. The number of β-amino-alcohol motifs (C(OH)–C–C–N with tert-alkyl or cyclic N) is 1. The van der Waals surface area contributed by atoms with Crippen molar-refractivity contribution < 1.29 is 9.90 Å². The van der Waals surface area contributed by atoms with Gasteiger partial charge in [0.15, 0.2) is 0 Å². The van der Waals surface area contributed by atoms with Crippen molar-refractivity contribution in [2.75, 3.05) is 13.1 Å². The molecule has 0 aromatic carbocycles. The smallest absolute Gasteiger partial charge is 0.240 e. The fourth-order valence-corrected chi connectivity index (χ4v) is 1.15. The molecule has 0 spiro atoms. The minimum Gasteiger partial charge on any atom is -0.389 e. The van der Waals surface area contributed by atoms with Gasteiger partial charge in [0, 0.05) is 13.1 Å². The Hall–Kier alpha value is -0.280. The molecule has 0 radical (unpaired) electrons. The predicted octanol–water partition coefficient (Wildman–Crippen LogP) is 0.207. The van der Waals surface area contributed by atoms with Crippen LogP contribution in [0.15, 0.2) is 0 Å². The lowest BCUT2D eigenvalue weighted by atomic mass is 10.1. The predicted molar refractivity (Wildman–Crippen MR) is 42.5 cm³/mol. The SMILES string of the molecule is CCC(Cl)C(=O)N1CC(O)C1. The molecule has 0 aromatic rings. The molecule has 1 aliphatic rings. The zero-order valence-electron chi connectivity index (χ0n) is 6.46. The van der Waals surface area contributed by atoms with Crippen molar-refractivity contribution in [2.24, 2.45) is 0 Å². The summed E-state index contributed by atoms with van der Waals surface area (Å²) >= 11 is 5.70. The molecule has 1 rings (SSSR count). The van der Waals surface area contributed by atoms with Crippen molar-refractivity contribution in [1.29, 1.82) is 0 Å². The maximum Gasteiger partial charge on any atom is 0.240 e. The average molecular weight is 178 g/mol. The van der Waals surface area contributed by atoms with Crippen molar-refractivity contribution in [1.82, 2.24) is 4.90 Å². The van der Waals surface area contributed by atoms with Crippen LogP contribution in [-0.4, -0.2) is 40.5 Å². The quantitative estimate of drug-likeness (QED) is 0.613. The van der Waals surface area contributed by atoms with E-state index < -0.39 is 5.38 Å². The van der Waals surface area contributed by atoms with E-state index in [9.17, 15) is 4.79 Å². The molecule has 1 fully saturated rings. The Morgan fingerprint density at radius 1 is 1.82 bits per heavy atom. The van der Waals surface area contributed by atoms with E-state index in [0.29, 0.717) is 19.5 Å². The topological polar surface area (TPSA) is 40.5 Å². The van der Waals surface area contributed by atoms with E-state index in [-0.39, 0.29) is 12.0 Å². The Kier molecular flexibility index (Phi) is 2.73. The first kappa shape index (κ1) is 8.81. The molecule has 11 heavy (non-hydrogen) atoms. The lowest BCUT2D eigenvalue weighted by Gasteiger charge is -2.36. The number of hydrogen-bond acceptors (Lipinski definition) is 2. The molecule has 1 aliphatic heterocycles. The molecular formula is C7H12ClNO2. The summed E-state index contributed by atoms with van der Waals surface area (Å²) < 4.78 is 0. The molecule has 1 heterocycles. The maximum atomic E-state index is 11.2. The summed E-state index contributed by atoms with van der Waals surface area (Å²) in [4.78, 5) is 12.8. The summed E-state index contributed by atoms with van der Waals surface area (Å²) in [6, 6.07) is 0. The highest BCUT2D eigenvalue weighted by molar-refractivity contribution is 6.30. The fraction of sp³-hybridized carbons (Fsp3) is 0.857. The first-order chi connectivity index (χ1) is 5.15. The molecule has 0 aromatic heterocycles. The number of carbonyl (C=O) groups is 1. The lowest BCUT2D eigenvalue weighted by Crippen LogP contribution is -2.55. The van der Waals surface area contributed by atoms with Crippen LogP contribution in [0.3, 0.4) is 0 Å². The van der Waals surface area contributed by atoms with E-state index in [4.69, 9.17) is 16.7 Å². The lowest BCUT2D eigenvalue weighted by molar-refractivity contribution is -0.140. The van der Waals surface area contributed by atoms with Gasteiger partial charge in [-0.1, -0.05) is 6.92 Å². The highest BCUT2D eigenvalue weighted by Crippen LogP contribution is 2.13. The van der Waals surface area contributed by atoms with Gasteiger partial charge in [0.25, 0.3) is 0 Å². The Labute approximate surface area is 70.9 Å². The number of alkyl halides is 1. The number of nitrogens with zero attached hydrogens (tertiary/aromatic N) is 1. The average Bonchev–Trinajstić information content (AvgIpc) is 1.96. The van der Waals surface area contributed by atoms with E-state index in [1.165, 1.54) is 0 Å². The van der Waals surface area contributed by atoms with Gasteiger partial charge in [-0.25, -0.2) is 0 Å². The molecule has 1 atom stereocenters. The molecule has 1 amide bonds. The molecule has 1 saturated heterocycles. The highest BCUT2D eigenvalue weighted by atomic mass is 35.5. The van der Waals surface area contributed by atoms with Crippen LogP contribution in [-0.2, 0) is 4.79 Å². The van der Waals surface area contributed by atoms with E-state index in [1.54, 1.807) is 4.90 Å². The summed E-state index contributed by atoms with van der Waals surface area (Å²) in [6.45, 7) is 2.76. The van der Waals surface area contributed by atoms with Gasteiger partial charge in [0.05, 0.1) is 6.10 Å². The zero-order valence-corrected chi connectivity index (χ0v) is 7.21. The second kappa shape index (κ2) is 3.41. The molecule has 4 heteroatoms. The number of carbonyl (C=O) groups excluding carboxylic acids is 1. The molecule has 1 unspecified atom stereocenters. The minimum atomic E-state index is -0.414. The molecule has 1 N–H and O–H groups in total. The number of aliphatic hydroxyl groups excluding tert-OH is 1. The van der Waals surface area contributed by atoms with Crippen LogP contribution in [0, 0.1) is 0 Å². The van der Waals surface area contributed by atoms with Gasteiger partial charge in [-0.2, -0.15) is 0 Å². The van der Waals surface area contributed by atoms with Crippen LogP contribution in [0.5, 0.6) is 0 Å². The van der Waals surface area contributed by atoms with Crippen molar-refractivity contribution >= 4 is 17.5 Å². The third-order valence-corrected chi connectivity index (χ3v) is 2.30. The second-order valence-corrected chi connectivity index (χ2v) is 3.30. The zero-order chi connectivity index (χ0) is 8.43. The van der Waals surface area contributed by atoms with Gasteiger partial charge in [-0.3, -0.25) is 4.79 Å². The highest BCUT2D eigenvalue weighted by Gasteiger charge is 2.31. The van der Waals surface area contributed by atoms with Crippen LogP contribution in [0.4, 0.5) is 0 Å². The third-order valence-electron chi connectivity index (χ3n) is 1.80. The molecular weight excluding hydrogens is 166 g/mol. The van der Waals surface area contributed by atoms with Crippen molar-refractivity contribution in [3.8, 4) is 0 Å². The number of hydrogen-bond donors (Lipinski definition) is 1. The van der Waals surface area contributed by atoms with E-state index in [1.807, 2.05) is 6.92 Å². The standard InChI is InChI=1S/C7H12ClNO2/c1-2-6(8)7(11)9-3-5(10)4-9/h5-6,10H,2-4H2,1H3. The summed E-state index contributed by atoms with van der Waals surface area (Å²) in [5.74, 6) is -0.0560. The Morgan fingerprint density at radius 2 is 2.36 bits per heavy atom. The number of likely N-dealkylation sites (tertiary alicyclic amines) is 1. The molecule has 0 bridgehead atoms. The van der Waals surface area contributed by atoms with Crippen molar-refractivity contribution in [2.45, 2.75) is 24.8 Å². The van der Waals surface area contributed by atoms with E-state index in [0.717, 1.165) is 0 Å². The molecule has 64 valence electrons. The van der Waals surface area contributed by atoms with Crippen LogP contribution >= 0.6 is 11.6 Å². The van der Waals surface area contributed by atoms with Gasteiger partial charge in [-0.05, 0) is 6.42 Å². The van der Waals surface area contributed by atoms with Crippen LogP contribution < -0.4 is 0 Å². The van der Waals surface area contributed by atoms with Gasteiger partial charge >= 0.3 is 0 Å². The van der Waals surface area contributed by atoms with Gasteiger partial charge in [-0.15, -0.1) is 11.6 Å². The fourth-order valence-electron chi connectivity index (χ4n) is 1.01. The van der Waals surface area contributed by atoms with Gasteiger partial charge in [0.2, 0.25) is 5.91 Å². The first-order valence-electron chi connectivity index (χ1n) is 3.76. The first-order valence-corrected chi connectivity index (χ1v) is 4.19. The van der Waals surface area contributed by atoms with Gasteiger partial charge in [0.1, 0.15) is 5.38 Å².